The highest BCUT2D eigenvalue weighted by molar-refractivity contribution is 5.97. The standard InChI is InChI=1S/C20H25N3O2/c1-14-12-16(20(3,4)5)9-10-18(14)25-13-19(24)23-22-15(2)17-8-6-7-11-21-17/h6-12H,13H2,1-5H3,(H,23,24)/b22-15+. The van der Waals surface area contributed by atoms with E-state index >= 15 is 0 Å². The molecule has 1 amide bonds. The van der Waals surface area contributed by atoms with Crippen molar-refractivity contribution in [3.8, 4) is 5.75 Å². The highest BCUT2D eigenvalue weighted by Crippen LogP contribution is 2.27. The van der Waals surface area contributed by atoms with Crippen LogP contribution in [0.25, 0.3) is 0 Å². The number of benzene rings is 1. The van der Waals surface area contributed by atoms with Crippen LogP contribution in [0, 0.1) is 6.92 Å². The normalized spacial score (nSPS) is 12.0. The van der Waals surface area contributed by atoms with Crippen molar-refractivity contribution in [1.29, 1.82) is 0 Å². The van der Waals surface area contributed by atoms with Crippen molar-refractivity contribution in [1.82, 2.24) is 10.4 Å². The van der Waals surface area contributed by atoms with Gasteiger partial charge in [0.25, 0.3) is 5.91 Å². The molecule has 0 saturated carbocycles. The second-order valence-corrected chi connectivity index (χ2v) is 6.97. The highest BCUT2D eigenvalue weighted by atomic mass is 16.5. The average Bonchev–Trinajstić information content (AvgIpc) is 2.58. The van der Waals surface area contributed by atoms with Crippen LogP contribution in [0.1, 0.15) is 44.5 Å². The van der Waals surface area contributed by atoms with Gasteiger partial charge in [-0.2, -0.15) is 5.10 Å². The van der Waals surface area contributed by atoms with Crippen molar-refractivity contribution in [2.75, 3.05) is 6.61 Å². The number of carbonyl (C=O) groups excluding carboxylic acids is 1. The highest BCUT2D eigenvalue weighted by Gasteiger charge is 2.15. The number of nitrogens with one attached hydrogen (secondary N) is 1. The Bertz CT molecular complexity index is 762. The number of carbonyl (C=O) groups is 1. The van der Waals surface area contributed by atoms with Crippen LogP contribution in [0.2, 0.25) is 0 Å². The topological polar surface area (TPSA) is 63.6 Å². The van der Waals surface area contributed by atoms with Crippen LogP contribution >= 0.6 is 0 Å². The van der Waals surface area contributed by atoms with Gasteiger partial charge in [0.15, 0.2) is 6.61 Å². The lowest BCUT2D eigenvalue weighted by Crippen LogP contribution is -2.26. The van der Waals surface area contributed by atoms with Gasteiger partial charge in [0.2, 0.25) is 0 Å². The van der Waals surface area contributed by atoms with Crippen molar-refractivity contribution >= 4 is 11.6 Å². The molecule has 0 atom stereocenters. The smallest absolute Gasteiger partial charge is 0.277 e. The number of nitrogens with zero attached hydrogens (tertiary/aromatic N) is 2. The minimum atomic E-state index is -0.311. The summed E-state index contributed by atoms with van der Waals surface area (Å²) in [5.41, 5.74) is 6.17. The molecule has 1 aromatic carbocycles. The molecule has 0 spiro atoms. The summed E-state index contributed by atoms with van der Waals surface area (Å²) in [6, 6.07) is 11.6. The number of rotatable bonds is 5. The van der Waals surface area contributed by atoms with Crippen molar-refractivity contribution < 1.29 is 9.53 Å². The molecule has 0 aliphatic rings. The Morgan fingerprint density at radius 3 is 2.60 bits per heavy atom. The summed E-state index contributed by atoms with van der Waals surface area (Å²) >= 11 is 0. The Morgan fingerprint density at radius 1 is 1.24 bits per heavy atom. The maximum Gasteiger partial charge on any atom is 0.277 e. The molecule has 0 aliphatic carbocycles. The third-order valence-electron chi connectivity index (χ3n) is 3.78. The molecule has 2 aromatic rings. The molecule has 25 heavy (non-hydrogen) atoms. The van der Waals surface area contributed by atoms with Gasteiger partial charge in [-0.05, 0) is 48.6 Å². The SMILES string of the molecule is C/C(=N\NC(=O)COc1ccc(C(C)(C)C)cc1C)c1ccccn1. The summed E-state index contributed by atoms with van der Waals surface area (Å²) in [5.74, 6) is 0.392. The van der Waals surface area contributed by atoms with Crippen molar-refractivity contribution in [2.24, 2.45) is 5.10 Å². The van der Waals surface area contributed by atoms with Gasteiger partial charge in [-0.25, -0.2) is 5.43 Å². The summed E-state index contributed by atoms with van der Waals surface area (Å²) in [6.07, 6.45) is 1.68. The minimum Gasteiger partial charge on any atom is -0.483 e. The van der Waals surface area contributed by atoms with E-state index < -0.39 is 0 Å². The van der Waals surface area contributed by atoms with Gasteiger partial charge in [0, 0.05) is 6.20 Å². The monoisotopic (exact) mass is 339 g/mol. The Hall–Kier alpha value is -2.69. The molecule has 1 heterocycles. The molecule has 0 unspecified atom stereocenters. The fraction of sp³-hybridized carbons (Fsp3) is 0.350. The molecule has 5 heteroatoms. The molecule has 1 N–H and O–H groups in total. The number of aromatic nitrogens is 1. The molecular formula is C20H25N3O2. The molecule has 0 radical (unpaired) electrons. The minimum absolute atomic E-state index is 0.0817. The van der Waals surface area contributed by atoms with E-state index in [0.29, 0.717) is 11.5 Å². The van der Waals surface area contributed by atoms with Crippen LogP contribution in [0.5, 0.6) is 5.75 Å². The fourth-order valence-electron chi connectivity index (χ4n) is 2.23. The number of hydrogen-bond acceptors (Lipinski definition) is 4. The lowest BCUT2D eigenvalue weighted by atomic mass is 9.86. The van der Waals surface area contributed by atoms with E-state index in [1.165, 1.54) is 5.56 Å². The van der Waals surface area contributed by atoms with E-state index in [-0.39, 0.29) is 17.9 Å². The van der Waals surface area contributed by atoms with Crippen LogP contribution in [0.4, 0.5) is 0 Å². The number of amides is 1. The summed E-state index contributed by atoms with van der Waals surface area (Å²) < 4.78 is 5.61. The zero-order valence-corrected chi connectivity index (χ0v) is 15.5. The van der Waals surface area contributed by atoms with Gasteiger partial charge in [-0.15, -0.1) is 0 Å². The van der Waals surface area contributed by atoms with Crippen molar-refractivity contribution in [3.63, 3.8) is 0 Å². The quantitative estimate of drug-likeness (QED) is 0.668. The van der Waals surface area contributed by atoms with Crippen molar-refractivity contribution in [2.45, 2.75) is 40.0 Å². The second-order valence-electron chi connectivity index (χ2n) is 6.97. The lowest BCUT2D eigenvalue weighted by Gasteiger charge is -2.20. The zero-order chi connectivity index (χ0) is 18.4. The number of aryl methyl sites for hydroxylation is 1. The molecule has 0 saturated heterocycles. The van der Waals surface area contributed by atoms with E-state index in [0.717, 1.165) is 11.3 Å². The molecular weight excluding hydrogens is 314 g/mol. The van der Waals surface area contributed by atoms with Crippen LogP contribution in [-0.2, 0) is 10.2 Å². The van der Waals surface area contributed by atoms with E-state index in [9.17, 15) is 4.79 Å². The van der Waals surface area contributed by atoms with Gasteiger partial charge < -0.3 is 4.74 Å². The van der Waals surface area contributed by atoms with Gasteiger partial charge in [-0.3, -0.25) is 9.78 Å². The Labute approximate surface area is 149 Å². The Balaban J connectivity index is 1.92. The maximum atomic E-state index is 11.9. The van der Waals surface area contributed by atoms with Crippen LogP contribution in [-0.4, -0.2) is 23.2 Å². The number of ether oxygens (including phenoxy) is 1. The third kappa shape index (κ3) is 5.41. The van der Waals surface area contributed by atoms with Gasteiger partial charge in [0.1, 0.15) is 5.75 Å². The molecule has 1 aromatic heterocycles. The van der Waals surface area contributed by atoms with Crippen LogP contribution < -0.4 is 10.2 Å². The maximum absolute atomic E-state index is 11.9. The lowest BCUT2D eigenvalue weighted by molar-refractivity contribution is -0.123. The molecule has 0 fully saturated rings. The van der Waals surface area contributed by atoms with Gasteiger partial charge in [-0.1, -0.05) is 39.0 Å². The number of pyridine rings is 1. The van der Waals surface area contributed by atoms with Crippen LogP contribution in [0.15, 0.2) is 47.7 Å². The van der Waals surface area contributed by atoms with Crippen LogP contribution in [0.3, 0.4) is 0 Å². The molecule has 0 bridgehead atoms. The first-order chi connectivity index (χ1) is 11.8. The molecule has 2 rings (SSSR count). The largest absolute Gasteiger partial charge is 0.483 e. The number of hydrogen-bond donors (Lipinski definition) is 1. The predicted molar refractivity (Wildman–Crippen MR) is 100.0 cm³/mol. The van der Waals surface area contributed by atoms with E-state index in [2.05, 4.69) is 42.3 Å². The van der Waals surface area contributed by atoms with Gasteiger partial charge >= 0.3 is 0 Å². The predicted octanol–water partition coefficient (Wildman–Crippen LogP) is 3.61. The molecule has 5 nitrogen and oxygen atoms in total. The van der Waals surface area contributed by atoms with E-state index in [1.54, 1.807) is 13.1 Å². The molecule has 132 valence electrons. The first kappa shape index (κ1) is 18.6. The van der Waals surface area contributed by atoms with Gasteiger partial charge in [0.05, 0.1) is 11.4 Å². The Kier molecular flexibility index (Phi) is 5.91. The first-order valence-corrected chi connectivity index (χ1v) is 8.26. The summed E-state index contributed by atoms with van der Waals surface area (Å²) in [6.45, 7) is 10.2. The van der Waals surface area contributed by atoms with E-state index in [4.69, 9.17) is 4.74 Å². The average molecular weight is 339 g/mol. The first-order valence-electron chi connectivity index (χ1n) is 8.26. The fourth-order valence-corrected chi connectivity index (χ4v) is 2.23. The van der Waals surface area contributed by atoms with E-state index in [1.807, 2.05) is 37.3 Å². The summed E-state index contributed by atoms with van der Waals surface area (Å²) in [4.78, 5) is 16.1. The molecule has 0 aliphatic heterocycles. The second kappa shape index (κ2) is 7.92. The summed E-state index contributed by atoms with van der Waals surface area (Å²) in [7, 11) is 0. The Morgan fingerprint density at radius 2 is 2.00 bits per heavy atom. The summed E-state index contributed by atoms with van der Waals surface area (Å²) in [5, 5.41) is 4.05. The van der Waals surface area contributed by atoms with Crippen molar-refractivity contribution in [3.05, 3.63) is 59.4 Å². The third-order valence-corrected chi connectivity index (χ3v) is 3.78. The number of hydrazone groups is 1. The zero-order valence-electron chi connectivity index (χ0n) is 15.5.